The number of hydrogen-bond acceptors (Lipinski definition) is 5. The maximum atomic E-state index is 12.5. The molecule has 0 radical (unpaired) electrons. The first-order valence-corrected chi connectivity index (χ1v) is 8.53. The van der Waals surface area contributed by atoms with Crippen LogP contribution in [0.5, 0.6) is 5.75 Å². The molecule has 2 heterocycles. The predicted octanol–water partition coefficient (Wildman–Crippen LogP) is 2.94. The Morgan fingerprint density at radius 2 is 2.08 bits per heavy atom. The van der Waals surface area contributed by atoms with Gasteiger partial charge in [0.05, 0.1) is 33.9 Å². The van der Waals surface area contributed by atoms with E-state index in [4.69, 9.17) is 9.84 Å². The number of ether oxygens (including phenoxy) is 1. The third-order valence-electron chi connectivity index (χ3n) is 4.19. The lowest BCUT2D eigenvalue weighted by molar-refractivity contribution is -0.143. The average molecular weight is 349 g/mol. The number of aliphatic carboxylic acids is 1. The summed E-state index contributed by atoms with van der Waals surface area (Å²) in [7, 11) is 1.55. The molecule has 2 amide bonds. The summed E-state index contributed by atoms with van der Waals surface area (Å²) in [6.45, 7) is 2.81. The van der Waals surface area contributed by atoms with Gasteiger partial charge >= 0.3 is 12.0 Å². The molecule has 24 heavy (non-hydrogen) atoms. The van der Waals surface area contributed by atoms with Crippen molar-refractivity contribution in [1.29, 1.82) is 0 Å². The number of anilines is 1. The second kappa shape index (κ2) is 6.64. The number of thiazole rings is 1. The number of amides is 2. The van der Waals surface area contributed by atoms with E-state index in [1.165, 1.54) is 0 Å². The number of urea groups is 1. The van der Waals surface area contributed by atoms with Gasteiger partial charge in [0.25, 0.3) is 0 Å². The van der Waals surface area contributed by atoms with E-state index in [9.17, 15) is 9.59 Å². The van der Waals surface area contributed by atoms with Gasteiger partial charge in [0.1, 0.15) is 5.75 Å². The molecule has 128 valence electrons. The second-order valence-corrected chi connectivity index (χ2v) is 7.02. The number of fused-ring (bicyclic) bond motifs is 1. The highest BCUT2D eigenvalue weighted by molar-refractivity contribution is 7.18. The van der Waals surface area contributed by atoms with Crippen LogP contribution in [-0.4, -0.2) is 47.2 Å². The molecule has 2 aromatic rings. The van der Waals surface area contributed by atoms with E-state index in [1.54, 1.807) is 23.3 Å². The molecule has 1 aromatic heterocycles. The third-order valence-corrected chi connectivity index (χ3v) is 5.12. The van der Waals surface area contributed by atoms with Crippen molar-refractivity contribution in [1.82, 2.24) is 9.88 Å². The standard InChI is InChI=1S/C16H19N3O4S/c1-9-17-12-7-13(23-2)11(8-14(12)24-9)18-16(22)19-5-3-10(4-6-19)15(20)21/h7-8,10H,3-6H2,1-2H3,(H,18,22)(H,20,21). The van der Waals surface area contributed by atoms with Crippen molar-refractivity contribution >= 4 is 39.2 Å². The summed E-state index contributed by atoms with van der Waals surface area (Å²) in [5.41, 5.74) is 1.44. The molecule has 0 atom stereocenters. The number of likely N-dealkylation sites (tertiary alicyclic amines) is 1. The Kier molecular flexibility index (Phi) is 4.57. The van der Waals surface area contributed by atoms with Crippen molar-refractivity contribution in [2.24, 2.45) is 5.92 Å². The normalized spacial score (nSPS) is 15.5. The molecule has 2 N–H and O–H groups in total. The van der Waals surface area contributed by atoms with Gasteiger partial charge in [-0.3, -0.25) is 4.79 Å². The van der Waals surface area contributed by atoms with E-state index in [1.807, 2.05) is 19.1 Å². The number of carbonyl (C=O) groups excluding carboxylic acids is 1. The molecule has 1 aliphatic rings. The highest BCUT2D eigenvalue weighted by Gasteiger charge is 2.27. The van der Waals surface area contributed by atoms with E-state index in [2.05, 4.69) is 10.3 Å². The van der Waals surface area contributed by atoms with E-state index in [-0.39, 0.29) is 11.9 Å². The molecule has 0 saturated carbocycles. The van der Waals surface area contributed by atoms with Gasteiger partial charge in [-0.1, -0.05) is 0 Å². The lowest BCUT2D eigenvalue weighted by Crippen LogP contribution is -2.42. The zero-order valence-electron chi connectivity index (χ0n) is 13.5. The van der Waals surface area contributed by atoms with Crippen molar-refractivity contribution in [2.75, 3.05) is 25.5 Å². The number of hydrogen-bond donors (Lipinski definition) is 2. The summed E-state index contributed by atoms with van der Waals surface area (Å²) in [5, 5.41) is 12.8. The van der Waals surface area contributed by atoms with Crippen LogP contribution < -0.4 is 10.1 Å². The van der Waals surface area contributed by atoms with Gasteiger partial charge < -0.3 is 20.1 Å². The fraction of sp³-hybridized carbons (Fsp3) is 0.438. The van der Waals surface area contributed by atoms with Crippen LogP contribution in [0.15, 0.2) is 12.1 Å². The summed E-state index contributed by atoms with van der Waals surface area (Å²) in [6, 6.07) is 3.43. The topological polar surface area (TPSA) is 91.8 Å². The molecule has 0 bridgehead atoms. The summed E-state index contributed by atoms with van der Waals surface area (Å²) in [5.74, 6) is -0.593. The first-order valence-electron chi connectivity index (χ1n) is 7.72. The SMILES string of the molecule is COc1cc2nc(C)sc2cc1NC(=O)N1CCC(C(=O)O)CC1. The van der Waals surface area contributed by atoms with Gasteiger partial charge in [-0.25, -0.2) is 9.78 Å². The predicted molar refractivity (Wildman–Crippen MR) is 91.9 cm³/mol. The molecule has 0 aliphatic carbocycles. The van der Waals surface area contributed by atoms with Gasteiger partial charge in [-0.2, -0.15) is 0 Å². The molecule has 0 spiro atoms. The van der Waals surface area contributed by atoms with Crippen LogP contribution in [0.4, 0.5) is 10.5 Å². The van der Waals surface area contributed by atoms with Gasteiger partial charge in [-0.15, -0.1) is 11.3 Å². The molecule has 3 rings (SSSR count). The number of rotatable bonds is 3. The molecule has 1 saturated heterocycles. The lowest BCUT2D eigenvalue weighted by atomic mass is 9.97. The first-order chi connectivity index (χ1) is 11.5. The fourth-order valence-electron chi connectivity index (χ4n) is 2.86. The lowest BCUT2D eigenvalue weighted by Gasteiger charge is -2.30. The number of carboxylic acid groups (broad SMARTS) is 1. The van der Waals surface area contributed by atoms with Crippen LogP contribution in [-0.2, 0) is 4.79 Å². The van der Waals surface area contributed by atoms with Crippen molar-refractivity contribution in [3.05, 3.63) is 17.1 Å². The highest BCUT2D eigenvalue weighted by Crippen LogP contribution is 2.33. The molecule has 8 heteroatoms. The van der Waals surface area contributed by atoms with Crippen molar-refractivity contribution < 1.29 is 19.4 Å². The van der Waals surface area contributed by atoms with E-state index in [0.29, 0.717) is 37.4 Å². The third kappa shape index (κ3) is 3.28. The molecular weight excluding hydrogens is 330 g/mol. The van der Waals surface area contributed by atoms with Crippen LogP contribution in [0.1, 0.15) is 17.8 Å². The summed E-state index contributed by atoms with van der Waals surface area (Å²) < 4.78 is 6.33. The zero-order chi connectivity index (χ0) is 17.3. The van der Waals surface area contributed by atoms with Gasteiger partial charge in [0.15, 0.2) is 0 Å². The molecule has 0 unspecified atom stereocenters. The largest absolute Gasteiger partial charge is 0.494 e. The summed E-state index contributed by atoms with van der Waals surface area (Å²) in [6.07, 6.45) is 0.958. The monoisotopic (exact) mass is 349 g/mol. The number of benzene rings is 1. The fourth-order valence-corrected chi connectivity index (χ4v) is 3.71. The van der Waals surface area contributed by atoms with E-state index >= 15 is 0 Å². The van der Waals surface area contributed by atoms with Crippen LogP contribution in [0, 0.1) is 12.8 Å². The zero-order valence-corrected chi connectivity index (χ0v) is 14.4. The molecule has 7 nitrogen and oxygen atoms in total. The van der Waals surface area contributed by atoms with Crippen molar-refractivity contribution in [3.63, 3.8) is 0 Å². The maximum absolute atomic E-state index is 12.5. The molecule has 1 aromatic carbocycles. The van der Waals surface area contributed by atoms with Gasteiger partial charge in [0, 0.05) is 19.2 Å². The van der Waals surface area contributed by atoms with Crippen LogP contribution in [0.2, 0.25) is 0 Å². The molecule has 1 fully saturated rings. The van der Waals surface area contributed by atoms with Crippen molar-refractivity contribution in [3.8, 4) is 5.75 Å². The summed E-state index contributed by atoms with van der Waals surface area (Å²) >= 11 is 1.55. The molecular formula is C16H19N3O4S. The molecule has 1 aliphatic heterocycles. The number of aromatic nitrogens is 1. The number of piperidine rings is 1. The number of nitrogens with one attached hydrogen (secondary N) is 1. The smallest absolute Gasteiger partial charge is 0.321 e. The van der Waals surface area contributed by atoms with E-state index < -0.39 is 5.97 Å². The van der Waals surface area contributed by atoms with Crippen molar-refractivity contribution in [2.45, 2.75) is 19.8 Å². The van der Waals surface area contributed by atoms with Crippen LogP contribution in [0.3, 0.4) is 0 Å². The number of aryl methyl sites for hydroxylation is 1. The highest BCUT2D eigenvalue weighted by atomic mass is 32.1. The number of carboxylic acids is 1. The van der Waals surface area contributed by atoms with Crippen LogP contribution in [0.25, 0.3) is 10.2 Å². The minimum Gasteiger partial charge on any atom is -0.494 e. The number of carbonyl (C=O) groups is 2. The Balaban J connectivity index is 1.74. The quantitative estimate of drug-likeness (QED) is 0.889. The van der Waals surface area contributed by atoms with Gasteiger partial charge in [-0.05, 0) is 25.8 Å². The minimum atomic E-state index is -0.789. The Morgan fingerprint density at radius 1 is 1.38 bits per heavy atom. The Bertz CT molecular complexity index is 781. The minimum absolute atomic E-state index is 0.238. The number of methoxy groups -OCH3 is 1. The first kappa shape index (κ1) is 16.5. The van der Waals surface area contributed by atoms with Gasteiger partial charge in [0.2, 0.25) is 0 Å². The number of nitrogens with zero attached hydrogens (tertiary/aromatic N) is 2. The average Bonchev–Trinajstić information content (AvgIpc) is 2.93. The maximum Gasteiger partial charge on any atom is 0.321 e. The van der Waals surface area contributed by atoms with Crippen LogP contribution >= 0.6 is 11.3 Å². The second-order valence-electron chi connectivity index (χ2n) is 5.78. The Morgan fingerprint density at radius 3 is 2.71 bits per heavy atom. The van der Waals surface area contributed by atoms with E-state index in [0.717, 1.165) is 15.2 Å². The Labute approximate surface area is 143 Å². The summed E-state index contributed by atoms with van der Waals surface area (Å²) in [4.78, 5) is 29.5. The Hall–Kier alpha value is -2.35.